The van der Waals surface area contributed by atoms with E-state index in [2.05, 4.69) is 51.1 Å². The molecule has 1 aliphatic rings. The van der Waals surface area contributed by atoms with Gasteiger partial charge < -0.3 is 10.2 Å². The van der Waals surface area contributed by atoms with Crippen molar-refractivity contribution >= 4 is 33.2 Å². The average Bonchev–Trinajstić information content (AvgIpc) is 3.66. The van der Waals surface area contributed by atoms with E-state index in [0.717, 1.165) is 61.0 Å². The fraction of sp³-hybridized carbons (Fsp3) is 0.0870. The first kappa shape index (κ1) is 32.5. The molecule has 0 spiro atoms. The van der Waals surface area contributed by atoms with E-state index in [1.807, 2.05) is 121 Å². The summed E-state index contributed by atoms with van der Waals surface area (Å²) in [5.41, 5.74) is 17.2. The highest BCUT2D eigenvalue weighted by Gasteiger charge is 2.37. The summed E-state index contributed by atoms with van der Waals surface area (Å²) in [6, 6.07) is 50.3. The quantitative estimate of drug-likeness (QED) is 0.177. The third kappa shape index (κ3) is 5.84. The lowest BCUT2D eigenvalue weighted by molar-refractivity contribution is 0.631. The fourth-order valence-corrected chi connectivity index (χ4v) is 6.92. The summed E-state index contributed by atoms with van der Waals surface area (Å²) in [6.45, 7) is 6.32. The van der Waals surface area contributed by atoms with Gasteiger partial charge in [0.1, 0.15) is 11.2 Å². The minimum absolute atomic E-state index is 0.215. The first-order chi connectivity index (χ1) is 25.3. The van der Waals surface area contributed by atoms with Crippen molar-refractivity contribution in [2.24, 2.45) is 5.73 Å². The molecule has 0 saturated carbocycles. The van der Waals surface area contributed by atoms with Crippen LogP contribution in [0.4, 0.5) is 0 Å². The lowest BCUT2D eigenvalue weighted by Crippen LogP contribution is -2.23. The van der Waals surface area contributed by atoms with Gasteiger partial charge in [-0.2, -0.15) is 0 Å². The zero-order chi connectivity index (χ0) is 35.8. The molecule has 52 heavy (non-hydrogen) atoms. The molecule has 6 aromatic carbocycles. The van der Waals surface area contributed by atoms with Crippen molar-refractivity contribution in [3.05, 3.63) is 180 Å². The van der Waals surface area contributed by atoms with E-state index < -0.39 is 0 Å². The lowest BCUT2D eigenvalue weighted by Gasteiger charge is -2.21. The molecule has 0 aliphatic heterocycles. The first-order valence-corrected chi connectivity index (χ1v) is 17.3. The highest BCUT2D eigenvalue weighted by atomic mass is 16.3. The fourth-order valence-electron chi connectivity index (χ4n) is 6.92. The molecule has 6 nitrogen and oxygen atoms in total. The van der Waals surface area contributed by atoms with E-state index in [9.17, 15) is 0 Å². The summed E-state index contributed by atoms with van der Waals surface area (Å²) in [7, 11) is 0. The van der Waals surface area contributed by atoms with Crippen molar-refractivity contribution in [2.75, 3.05) is 0 Å². The minimum Gasteiger partial charge on any atom is -0.456 e. The molecule has 6 heteroatoms. The number of allylic oxidation sites excluding steroid dienone is 2. The number of nitrogens with zero attached hydrogens (tertiary/aromatic N) is 3. The van der Waals surface area contributed by atoms with Crippen LogP contribution in [0.25, 0.3) is 61.7 Å². The standard InChI is InChI=1S/C28H19N3O.C18H18N2/c1-18-15-16-23-22(17-18)25-21(13-8-14-24(25)32-23)28-30-26(19-9-4-2-5-10-19)29-27(31-28)20-11-6-3-7-12-20;1-18(2)14-11-7-6-10-13(14)15(17(18)20)16(19)12-8-4-3-5-9-12/h2-17H,1H3;3-11,19H,20H2,1-2H3. The average molecular weight is 676 g/mol. The Morgan fingerprint density at radius 2 is 1.15 bits per heavy atom. The summed E-state index contributed by atoms with van der Waals surface area (Å²) in [4.78, 5) is 14.6. The SMILES string of the molecule is CC1(C)C(N)=C(C(=N)c2ccccc2)c2ccccc21.Cc1ccc2oc3cccc(-c4nc(-c5ccccc5)nc(-c5ccccc5)n4)c3c2c1. The highest BCUT2D eigenvalue weighted by Crippen LogP contribution is 2.44. The van der Waals surface area contributed by atoms with Gasteiger partial charge in [-0.15, -0.1) is 0 Å². The van der Waals surface area contributed by atoms with E-state index in [1.54, 1.807) is 0 Å². The summed E-state index contributed by atoms with van der Waals surface area (Å²) >= 11 is 0. The molecule has 0 atom stereocenters. The van der Waals surface area contributed by atoms with Gasteiger partial charge in [0.15, 0.2) is 17.5 Å². The van der Waals surface area contributed by atoms with Crippen LogP contribution in [0.3, 0.4) is 0 Å². The van der Waals surface area contributed by atoms with Crippen molar-refractivity contribution in [3.8, 4) is 34.2 Å². The third-order valence-electron chi connectivity index (χ3n) is 9.72. The molecule has 2 aromatic heterocycles. The number of hydrogen-bond donors (Lipinski definition) is 2. The smallest absolute Gasteiger partial charge is 0.164 e. The summed E-state index contributed by atoms with van der Waals surface area (Å²) < 4.78 is 6.13. The Labute approximate surface area is 302 Å². The zero-order valence-corrected chi connectivity index (χ0v) is 29.3. The number of aromatic nitrogens is 3. The first-order valence-electron chi connectivity index (χ1n) is 17.3. The van der Waals surface area contributed by atoms with E-state index in [4.69, 9.17) is 30.5 Å². The van der Waals surface area contributed by atoms with Crippen molar-refractivity contribution in [3.63, 3.8) is 0 Å². The molecule has 0 bridgehead atoms. The number of fused-ring (bicyclic) bond motifs is 4. The van der Waals surface area contributed by atoms with E-state index in [0.29, 0.717) is 23.2 Å². The molecule has 1 aliphatic carbocycles. The van der Waals surface area contributed by atoms with Gasteiger partial charge in [-0.3, -0.25) is 5.41 Å². The van der Waals surface area contributed by atoms with Crippen molar-refractivity contribution in [1.29, 1.82) is 5.41 Å². The van der Waals surface area contributed by atoms with Crippen molar-refractivity contribution < 1.29 is 4.42 Å². The van der Waals surface area contributed by atoms with Gasteiger partial charge in [-0.1, -0.05) is 153 Å². The zero-order valence-electron chi connectivity index (χ0n) is 29.3. The van der Waals surface area contributed by atoms with Gasteiger partial charge >= 0.3 is 0 Å². The predicted molar refractivity (Wildman–Crippen MR) is 212 cm³/mol. The van der Waals surface area contributed by atoms with Crippen LogP contribution in [0.1, 0.15) is 36.1 Å². The number of nitrogens with one attached hydrogen (secondary N) is 1. The topological polar surface area (TPSA) is 102 Å². The number of benzene rings is 6. The normalized spacial score (nSPS) is 13.1. The molecule has 0 radical (unpaired) electrons. The second-order valence-corrected chi connectivity index (χ2v) is 13.5. The summed E-state index contributed by atoms with van der Waals surface area (Å²) in [6.07, 6.45) is 0. The van der Waals surface area contributed by atoms with Crippen LogP contribution in [0.5, 0.6) is 0 Å². The minimum atomic E-state index is -0.215. The summed E-state index contributed by atoms with van der Waals surface area (Å²) in [5, 5.41) is 10.6. The largest absolute Gasteiger partial charge is 0.456 e. The van der Waals surface area contributed by atoms with Gasteiger partial charge in [0.05, 0.1) is 5.71 Å². The van der Waals surface area contributed by atoms with Crippen LogP contribution in [0.15, 0.2) is 162 Å². The Bertz CT molecular complexity index is 2570. The second kappa shape index (κ2) is 13.2. The van der Waals surface area contributed by atoms with Crippen LogP contribution < -0.4 is 5.73 Å². The number of aryl methyl sites for hydroxylation is 1. The monoisotopic (exact) mass is 675 g/mol. The molecule has 3 N–H and O–H groups in total. The van der Waals surface area contributed by atoms with Gasteiger partial charge in [-0.05, 0) is 36.2 Å². The highest BCUT2D eigenvalue weighted by molar-refractivity contribution is 6.32. The molecule has 2 heterocycles. The maximum atomic E-state index is 8.53. The van der Waals surface area contributed by atoms with Crippen LogP contribution in [0.2, 0.25) is 0 Å². The Morgan fingerprint density at radius 3 is 1.81 bits per heavy atom. The van der Waals surface area contributed by atoms with Crippen LogP contribution in [-0.4, -0.2) is 20.7 Å². The second-order valence-electron chi connectivity index (χ2n) is 13.5. The Kier molecular flexibility index (Phi) is 8.28. The molecule has 9 rings (SSSR count). The number of nitrogens with two attached hydrogens (primary N) is 1. The predicted octanol–water partition coefficient (Wildman–Crippen LogP) is 10.8. The maximum absolute atomic E-state index is 8.53. The molecule has 0 saturated heterocycles. The number of furan rings is 1. The van der Waals surface area contributed by atoms with E-state index >= 15 is 0 Å². The lowest BCUT2D eigenvalue weighted by atomic mass is 9.85. The third-order valence-corrected chi connectivity index (χ3v) is 9.72. The molecule has 8 aromatic rings. The summed E-state index contributed by atoms with van der Waals surface area (Å²) in [5.74, 6) is 1.93. The van der Waals surface area contributed by atoms with Gasteiger partial charge in [0.25, 0.3) is 0 Å². The molecular formula is C46H37N5O. The molecule has 0 amide bonds. The van der Waals surface area contributed by atoms with Crippen molar-refractivity contribution in [1.82, 2.24) is 15.0 Å². The van der Waals surface area contributed by atoms with Gasteiger partial charge in [0, 0.05) is 49.7 Å². The van der Waals surface area contributed by atoms with E-state index in [1.165, 1.54) is 11.1 Å². The number of rotatable bonds is 5. The van der Waals surface area contributed by atoms with Crippen LogP contribution in [-0.2, 0) is 5.41 Å². The van der Waals surface area contributed by atoms with Crippen LogP contribution in [0, 0.1) is 12.3 Å². The Balaban J connectivity index is 0.000000166. The number of hydrogen-bond acceptors (Lipinski definition) is 6. The molecule has 252 valence electrons. The Morgan fingerprint density at radius 1 is 0.596 bits per heavy atom. The maximum Gasteiger partial charge on any atom is 0.164 e. The van der Waals surface area contributed by atoms with Crippen molar-refractivity contribution in [2.45, 2.75) is 26.2 Å². The van der Waals surface area contributed by atoms with E-state index in [-0.39, 0.29) is 5.41 Å². The molecule has 0 unspecified atom stereocenters. The molecule has 0 fully saturated rings. The van der Waals surface area contributed by atoms with Gasteiger partial charge in [0.2, 0.25) is 0 Å². The van der Waals surface area contributed by atoms with Gasteiger partial charge in [-0.25, -0.2) is 15.0 Å². The molecular weight excluding hydrogens is 639 g/mol. The Hall–Kier alpha value is -6.66. The van der Waals surface area contributed by atoms with Crippen LogP contribution >= 0.6 is 0 Å².